The van der Waals surface area contributed by atoms with Gasteiger partial charge in [-0.3, -0.25) is 9.78 Å². The largest absolute Gasteiger partial charge is 0.302 e. The summed E-state index contributed by atoms with van der Waals surface area (Å²) in [7, 11) is 2.10. The molecule has 1 fully saturated rings. The molecule has 3 rings (SSSR count). The minimum absolute atomic E-state index is 0.0436. The zero-order chi connectivity index (χ0) is 13.9. The fourth-order valence-electron chi connectivity index (χ4n) is 2.66. The molecular formula is C15H18N4O. The molecule has 0 bridgehead atoms. The molecule has 0 amide bonds. The van der Waals surface area contributed by atoms with E-state index in [0.717, 1.165) is 24.2 Å². The van der Waals surface area contributed by atoms with Gasteiger partial charge in [0.2, 0.25) is 0 Å². The van der Waals surface area contributed by atoms with Crippen molar-refractivity contribution in [3.63, 3.8) is 0 Å². The highest BCUT2D eigenvalue weighted by Crippen LogP contribution is 2.17. The lowest BCUT2D eigenvalue weighted by Crippen LogP contribution is -2.34. The van der Waals surface area contributed by atoms with Crippen molar-refractivity contribution in [3.8, 4) is 11.3 Å². The van der Waals surface area contributed by atoms with Crippen molar-refractivity contribution < 1.29 is 0 Å². The van der Waals surface area contributed by atoms with Crippen LogP contribution < -0.4 is 5.56 Å². The number of hydrogen-bond donors (Lipinski definition) is 0. The summed E-state index contributed by atoms with van der Waals surface area (Å²) in [4.78, 5) is 18.4. The van der Waals surface area contributed by atoms with Crippen LogP contribution in [0.2, 0.25) is 0 Å². The van der Waals surface area contributed by atoms with E-state index in [4.69, 9.17) is 0 Å². The van der Waals surface area contributed by atoms with Crippen molar-refractivity contribution in [1.82, 2.24) is 19.7 Å². The van der Waals surface area contributed by atoms with Crippen LogP contribution in [0.3, 0.4) is 0 Å². The van der Waals surface area contributed by atoms with Crippen LogP contribution in [0.5, 0.6) is 0 Å². The third-order valence-electron chi connectivity index (χ3n) is 3.88. The lowest BCUT2D eigenvalue weighted by atomic mass is 10.2. The van der Waals surface area contributed by atoms with Crippen molar-refractivity contribution in [2.45, 2.75) is 25.4 Å². The minimum Gasteiger partial charge on any atom is -0.302 e. The average molecular weight is 270 g/mol. The predicted molar refractivity (Wildman–Crippen MR) is 77.4 cm³/mol. The van der Waals surface area contributed by atoms with Gasteiger partial charge in [-0.15, -0.1) is 0 Å². The predicted octanol–water partition coefficient (Wildman–Crippen LogP) is 1.40. The Kier molecular flexibility index (Phi) is 3.60. The summed E-state index contributed by atoms with van der Waals surface area (Å²) in [5.41, 5.74) is 1.68. The Morgan fingerprint density at radius 2 is 2.25 bits per heavy atom. The van der Waals surface area contributed by atoms with Crippen molar-refractivity contribution in [3.05, 3.63) is 47.0 Å². The van der Waals surface area contributed by atoms with Crippen molar-refractivity contribution in [2.75, 3.05) is 13.6 Å². The SMILES string of the molecule is CN1CCCC1Cn1nc(-c2cccnc2)ccc1=O. The fraction of sp³-hybridized carbons (Fsp3) is 0.400. The second kappa shape index (κ2) is 5.54. The monoisotopic (exact) mass is 270 g/mol. The van der Waals surface area contributed by atoms with E-state index < -0.39 is 0 Å². The summed E-state index contributed by atoms with van der Waals surface area (Å²) in [6.45, 7) is 1.76. The van der Waals surface area contributed by atoms with Crippen LogP contribution >= 0.6 is 0 Å². The highest BCUT2D eigenvalue weighted by atomic mass is 16.1. The molecule has 0 aromatic carbocycles. The molecule has 2 aromatic rings. The molecule has 0 aliphatic carbocycles. The number of aromatic nitrogens is 3. The third-order valence-corrected chi connectivity index (χ3v) is 3.88. The molecule has 104 valence electrons. The van der Waals surface area contributed by atoms with E-state index in [2.05, 4.69) is 22.0 Å². The molecule has 0 spiro atoms. The van der Waals surface area contributed by atoms with E-state index in [1.165, 1.54) is 6.42 Å². The number of likely N-dealkylation sites (N-methyl/N-ethyl adjacent to an activating group) is 1. The topological polar surface area (TPSA) is 51.0 Å². The van der Waals surface area contributed by atoms with Crippen LogP contribution in [0.4, 0.5) is 0 Å². The number of rotatable bonds is 3. The Morgan fingerprint density at radius 1 is 1.35 bits per heavy atom. The Morgan fingerprint density at radius 3 is 2.95 bits per heavy atom. The molecule has 1 unspecified atom stereocenters. The quantitative estimate of drug-likeness (QED) is 0.846. The highest BCUT2D eigenvalue weighted by molar-refractivity contribution is 5.56. The van der Waals surface area contributed by atoms with Crippen LogP contribution in [0, 0.1) is 0 Å². The summed E-state index contributed by atoms with van der Waals surface area (Å²) in [5.74, 6) is 0. The molecule has 0 saturated carbocycles. The summed E-state index contributed by atoms with van der Waals surface area (Å²) < 4.78 is 1.58. The van der Waals surface area contributed by atoms with Gasteiger partial charge in [-0.2, -0.15) is 5.10 Å². The molecule has 5 nitrogen and oxygen atoms in total. The van der Waals surface area contributed by atoms with Crippen LogP contribution in [0.15, 0.2) is 41.5 Å². The first kappa shape index (κ1) is 13.0. The lowest BCUT2D eigenvalue weighted by molar-refractivity contribution is 0.271. The van der Waals surface area contributed by atoms with Gasteiger partial charge >= 0.3 is 0 Å². The van der Waals surface area contributed by atoms with E-state index in [0.29, 0.717) is 12.6 Å². The normalized spacial score (nSPS) is 19.4. The van der Waals surface area contributed by atoms with Crippen molar-refractivity contribution in [1.29, 1.82) is 0 Å². The first-order chi connectivity index (χ1) is 9.74. The Bertz CT molecular complexity index is 638. The van der Waals surface area contributed by atoms with Gasteiger partial charge < -0.3 is 4.90 Å². The maximum absolute atomic E-state index is 12.0. The average Bonchev–Trinajstić information content (AvgIpc) is 2.88. The van der Waals surface area contributed by atoms with Crippen LogP contribution in [0.1, 0.15) is 12.8 Å². The summed E-state index contributed by atoms with van der Waals surface area (Å²) in [6, 6.07) is 7.58. The van der Waals surface area contributed by atoms with E-state index in [9.17, 15) is 4.79 Å². The molecule has 0 N–H and O–H groups in total. The second-order valence-electron chi connectivity index (χ2n) is 5.26. The lowest BCUT2D eigenvalue weighted by Gasteiger charge is -2.19. The zero-order valence-electron chi connectivity index (χ0n) is 11.6. The van der Waals surface area contributed by atoms with E-state index in [1.54, 1.807) is 29.2 Å². The molecular weight excluding hydrogens is 252 g/mol. The molecule has 0 radical (unpaired) electrons. The maximum atomic E-state index is 12.0. The smallest absolute Gasteiger partial charge is 0.266 e. The molecule has 20 heavy (non-hydrogen) atoms. The minimum atomic E-state index is -0.0436. The Labute approximate surface area is 117 Å². The van der Waals surface area contributed by atoms with E-state index in [1.807, 2.05) is 12.1 Å². The summed E-state index contributed by atoms with van der Waals surface area (Å²) in [6.07, 6.45) is 5.81. The molecule has 1 aliphatic rings. The zero-order valence-corrected chi connectivity index (χ0v) is 11.6. The number of pyridine rings is 1. The van der Waals surface area contributed by atoms with Gasteiger partial charge in [0.1, 0.15) is 0 Å². The first-order valence-corrected chi connectivity index (χ1v) is 6.93. The van der Waals surface area contributed by atoms with Crippen LogP contribution in [0.25, 0.3) is 11.3 Å². The van der Waals surface area contributed by atoms with Gasteiger partial charge in [0.15, 0.2) is 0 Å². The first-order valence-electron chi connectivity index (χ1n) is 6.93. The molecule has 5 heteroatoms. The van der Waals surface area contributed by atoms with Gasteiger partial charge in [0.25, 0.3) is 5.56 Å². The van der Waals surface area contributed by atoms with Crippen molar-refractivity contribution >= 4 is 0 Å². The Hall–Kier alpha value is -2.01. The summed E-state index contributed by atoms with van der Waals surface area (Å²) in [5, 5.41) is 4.48. The molecule has 1 atom stereocenters. The van der Waals surface area contributed by atoms with Crippen LogP contribution in [-0.4, -0.2) is 39.3 Å². The van der Waals surface area contributed by atoms with Crippen molar-refractivity contribution in [2.24, 2.45) is 0 Å². The fourth-order valence-corrected chi connectivity index (χ4v) is 2.66. The number of hydrogen-bond acceptors (Lipinski definition) is 4. The standard InChI is InChI=1S/C15H18N4O/c1-18-9-3-5-13(18)11-19-15(20)7-6-14(17-19)12-4-2-8-16-10-12/h2,4,6-8,10,13H,3,5,9,11H2,1H3. The number of likely N-dealkylation sites (tertiary alicyclic amines) is 1. The number of nitrogens with zero attached hydrogens (tertiary/aromatic N) is 4. The third kappa shape index (κ3) is 2.63. The Balaban J connectivity index is 1.89. The van der Waals surface area contributed by atoms with Gasteiger partial charge in [0.05, 0.1) is 12.2 Å². The van der Waals surface area contributed by atoms with Crippen LogP contribution in [-0.2, 0) is 6.54 Å². The maximum Gasteiger partial charge on any atom is 0.266 e. The summed E-state index contributed by atoms with van der Waals surface area (Å²) >= 11 is 0. The molecule has 1 aliphatic heterocycles. The van der Waals surface area contributed by atoms with E-state index >= 15 is 0 Å². The van der Waals surface area contributed by atoms with Gasteiger partial charge in [-0.05, 0) is 44.6 Å². The van der Waals surface area contributed by atoms with Gasteiger partial charge in [-0.1, -0.05) is 0 Å². The van der Waals surface area contributed by atoms with Gasteiger partial charge in [-0.25, -0.2) is 4.68 Å². The molecule has 3 heterocycles. The second-order valence-corrected chi connectivity index (χ2v) is 5.26. The van der Waals surface area contributed by atoms with Gasteiger partial charge in [0, 0.05) is 30.1 Å². The highest BCUT2D eigenvalue weighted by Gasteiger charge is 2.21. The van der Waals surface area contributed by atoms with E-state index in [-0.39, 0.29) is 5.56 Å². The molecule has 1 saturated heterocycles. The molecule has 2 aromatic heterocycles.